The lowest BCUT2D eigenvalue weighted by Gasteiger charge is -2.23. The van der Waals surface area contributed by atoms with Gasteiger partial charge in [0.25, 0.3) is 0 Å². The summed E-state index contributed by atoms with van der Waals surface area (Å²) in [6.07, 6.45) is 26.0. The van der Waals surface area contributed by atoms with Crippen LogP contribution in [0.1, 0.15) is 34.1 Å². The molecule has 6 aromatic rings. The number of aliphatic imine (C=N–C) groups is 1. The minimum absolute atomic E-state index is 0.406. The van der Waals surface area contributed by atoms with Crippen LogP contribution in [0.2, 0.25) is 0 Å². The summed E-state index contributed by atoms with van der Waals surface area (Å²) in [5, 5.41) is 4.59. The molecule has 0 N–H and O–H groups in total. The second-order valence-electron chi connectivity index (χ2n) is 12.2. The van der Waals surface area contributed by atoms with E-state index in [-0.39, 0.29) is 0 Å². The third-order valence-corrected chi connectivity index (χ3v) is 12.4. The van der Waals surface area contributed by atoms with Crippen LogP contribution in [0.3, 0.4) is 0 Å². The van der Waals surface area contributed by atoms with Crippen LogP contribution in [0.25, 0.3) is 55.0 Å². The van der Waals surface area contributed by atoms with Gasteiger partial charge in [0.2, 0.25) is 0 Å². The van der Waals surface area contributed by atoms with E-state index in [1.54, 1.807) is 6.20 Å². The molecule has 0 amide bonds. The van der Waals surface area contributed by atoms with E-state index in [1.165, 1.54) is 5.39 Å². The lowest BCUT2D eigenvalue weighted by Crippen LogP contribution is -2.17. The molecule has 0 saturated carbocycles. The van der Waals surface area contributed by atoms with E-state index in [9.17, 15) is 0 Å². The van der Waals surface area contributed by atoms with Crippen LogP contribution in [0.15, 0.2) is 175 Å². The normalized spacial score (nSPS) is 15.6. The molecule has 0 aliphatic carbocycles. The molecule has 5 nitrogen and oxygen atoms in total. The highest BCUT2D eigenvalue weighted by molar-refractivity contribution is 7.76. The van der Waals surface area contributed by atoms with Crippen molar-refractivity contribution in [1.29, 1.82) is 0 Å². The molecule has 52 heavy (non-hydrogen) atoms. The van der Waals surface area contributed by atoms with Gasteiger partial charge >= 0.3 is 0 Å². The topological polar surface area (TPSA) is 52.2 Å². The molecule has 2 atom stereocenters. The molecule has 0 bridgehead atoms. The number of benzene rings is 3. The minimum atomic E-state index is -3.29. The zero-order chi connectivity index (χ0) is 36.7. The van der Waals surface area contributed by atoms with E-state index >= 15 is 4.57 Å². The Bertz CT molecular complexity index is 2550. The molecule has 3 aromatic carbocycles. The first-order chi connectivity index (χ1) is 25.5. The fraction of sp³-hybridized carbons (Fsp3) is 0.130. The van der Waals surface area contributed by atoms with Crippen molar-refractivity contribution in [3.05, 3.63) is 170 Å². The summed E-state index contributed by atoms with van der Waals surface area (Å²) >= 11 is 0. The van der Waals surface area contributed by atoms with Gasteiger partial charge in [-0.15, -0.1) is 0 Å². The zero-order valence-electron chi connectivity index (χ0n) is 30.4. The van der Waals surface area contributed by atoms with Crippen molar-refractivity contribution < 1.29 is 4.57 Å². The Hall–Kier alpha value is -5.77. The zero-order valence-corrected chi connectivity index (χ0v) is 31.2. The molecule has 0 fully saturated rings. The third-order valence-electron chi connectivity index (χ3n) is 9.20. The summed E-state index contributed by atoms with van der Waals surface area (Å²) in [5.74, 6) is 0. The number of nitrogens with zero attached hydrogens (tertiary/aromatic N) is 4. The van der Waals surface area contributed by atoms with Crippen LogP contribution in [0.4, 0.5) is 0 Å². The predicted molar refractivity (Wildman–Crippen MR) is 228 cm³/mol. The number of hydrogen-bond donors (Lipinski definition) is 0. The number of allylic oxidation sites excluding steroid dienone is 13. The largest absolute Gasteiger partial charge is 0.310 e. The highest BCUT2D eigenvalue weighted by Gasteiger charge is 2.36. The lowest BCUT2D eigenvalue weighted by molar-refractivity contribution is 0.581. The number of fused-ring (bicyclic) bond motifs is 7. The van der Waals surface area contributed by atoms with Crippen LogP contribution in [-0.4, -0.2) is 26.0 Å². The van der Waals surface area contributed by atoms with Gasteiger partial charge in [-0.3, -0.25) is 9.98 Å². The van der Waals surface area contributed by atoms with Crippen molar-refractivity contribution in [3.8, 4) is 0 Å². The molecule has 6 heteroatoms. The summed E-state index contributed by atoms with van der Waals surface area (Å²) in [6.45, 7) is 16.2. The first-order valence-electron chi connectivity index (χ1n) is 17.9. The maximum Gasteiger partial charge on any atom is 0.184 e. The Morgan fingerprint density at radius 3 is 1.92 bits per heavy atom. The smallest absolute Gasteiger partial charge is 0.184 e. The maximum atomic E-state index is 15.2. The van der Waals surface area contributed by atoms with E-state index in [0.717, 1.165) is 49.6 Å². The highest BCUT2D eigenvalue weighted by Crippen LogP contribution is 2.58. The molecule has 2 unspecified atom stereocenters. The molecule has 0 saturated heterocycles. The van der Waals surface area contributed by atoms with Gasteiger partial charge < -0.3 is 13.7 Å². The summed E-state index contributed by atoms with van der Waals surface area (Å²) < 4.78 is 19.9. The molecule has 3 aromatic heterocycles. The standard InChI is InChI=1S/C44H39N4OP.C2H6/c1-5-17-33(18-6-2)47-39-22-12-10-20-35(39)37-28-29-38-36-21-11-13-23-40(36)48(44(38)43(37)47)34(19-7-3)27-26-32(4)50(49,42-25-14-16-31-46-42)41-24-9-8-15-30-45-41;1-2/h5-14,16-32H,1,3,15H2,2,4H3;1-2H3/b18-6-,27-26-,33-17+,34-19+;. The van der Waals surface area contributed by atoms with E-state index in [4.69, 9.17) is 0 Å². The molecule has 7 rings (SSSR count). The van der Waals surface area contributed by atoms with Crippen molar-refractivity contribution in [2.45, 2.75) is 39.8 Å². The fourth-order valence-electron chi connectivity index (χ4n) is 6.98. The van der Waals surface area contributed by atoms with Crippen molar-refractivity contribution in [1.82, 2.24) is 14.1 Å². The number of aromatic nitrogens is 3. The predicted octanol–water partition coefficient (Wildman–Crippen LogP) is 12.5. The van der Waals surface area contributed by atoms with E-state index in [1.807, 2.05) is 94.6 Å². The van der Waals surface area contributed by atoms with Crippen molar-refractivity contribution in [2.75, 3.05) is 0 Å². The third kappa shape index (κ3) is 6.33. The summed E-state index contributed by atoms with van der Waals surface area (Å²) in [5.41, 5.74) is 6.92. The van der Waals surface area contributed by atoms with Crippen LogP contribution in [0.5, 0.6) is 0 Å². The van der Waals surface area contributed by atoms with Gasteiger partial charge in [0.1, 0.15) is 10.9 Å². The first kappa shape index (κ1) is 36.0. The summed E-state index contributed by atoms with van der Waals surface area (Å²) in [7, 11) is -3.29. The lowest BCUT2D eigenvalue weighted by atomic mass is 10.1. The number of para-hydroxylation sites is 2. The Kier molecular flexibility index (Phi) is 11.1. The molecular weight excluding hydrogens is 656 g/mol. The van der Waals surface area contributed by atoms with Crippen LogP contribution >= 0.6 is 7.14 Å². The number of rotatable bonds is 10. The van der Waals surface area contributed by atoms with Gasteiger partial charge in [0.05, 0.1) is 22.1 Å². The Morgan fingerprint density at radius 2 is 1.37 bits per heavy atom. The summed E-state index contributed by atoms with van der Waals surface area (Å²) in [4.78, 5) is 9.27. The van der Waals surface area contributed by atoms with Gasteiger partial charge in [-0.1, -0.05) is 125 Å². The van der Waals surface area contributed by atoms with Crippen molar-refractivity contribution in [2.24, 2.45) is 4.99 Å². The fourth-order valence-corrected chi connectivity index (χ4v) is 9.49. The quantitative estimate of drug-likeness (QED) is 0.105. The second-order valence-corrected chi connectivity index (χ2v) is 15.2. The average molecular weight is 701 g/mol. The molecule has 260 valence electrons. The number of hydrogen-bond acceptors (Lipinski definition) is 3. The van der Waals surface area contributed by atoms with E-state index < -0.39 is 12.8 Å². The van der Waals surface area contributed by atoms with Gasteiger partial charge in [0.15, 0.2) is 7.14 Å². The maximum absolute atomic E-state index is 15.2. The van der Waals surface area contributed by atoms with Crippen LogP contribution in [0, 0.1) is 0 Å². The van der Waals surface area contributed by atoms with Crippen LogP contribution in [-0.2, 0) is 4.57 Å². The SMILES string of the molecule is C=C/C=C(\C=C/C)n1c2ccccc2c2ccc3c4ccccc4n(C(/C=C\C(C)P(=O)(C4=CC=CCC=N4)c4ccccn4)=C/C=C)c3c21.CC. The molecule has 1 aliphatic rings. The molecular formula is C46H45N4OP. The van der Waals surface area contributed by atoms with Gasteiger partial charge in [0, 0.05) is 57.4 Å². The Morgan fingerprint density at radius 1 is 0.788 bits per heavy atom. The second kappa shape index (κ2) is 16.1. The summed E-state index contributed by atoms with van der Waals surface area (Å²) in [6, 6.07) is 27.1. The van der Waals surface area contributed by atoms with Crippen LogP contribution < -0.4 is 5.44 Å². The van der Waals surface area contributed by atoms with Gasteiger partial charge in [-0.05, 0) is 61.6 Å². The van der Waals surface area contributed by atoms with Crippen molar-refractivity contribution >= 4 is 73.8 Å². The van der Waals surface area contributed by atoms with Gasteiger partial charge in [-0.2, -0.15) is 0 Å². The van der Waals surface area contributed by atoms with E-state index in [0.29, 0.717) is 17.3 Å². The Balaban J connectivity index is 0.00000228. The molecule has 4 heterocycles. The minimum Gasteiger partial charge on any atom is -0.310 e. The first-order valence-corrected chi connectivity index (χ1v) is 19.6. The van der Waals surface area contributed by atoms with Crippen molar-refractivity contribution in [3.63, 3.8) is 0 Å². The molecule has 0 radical (unpaired) electrons. The number of pyridine rings is 1. The average Bonchev–Trinajstić information content (AvgIpc) is 3.55. The Labute approximate surface area is 306 Å². The monoisotopic (exact) mass is 700 g/mol. The molecule has 1 aliphatic heterocycles. The van der Waals surface area contributed by atoms with Gasteiger partial charge in [-0.25, -0.2) is 0 Å². The molecule has 0 spiro atoms. The highest BCUT2D eigenvalue weighted by atomic mass is 31.2. The van der Waals surface area contributed by atoms with E-state index in [2.05, 4.69) is 117 Å².